The molecule has 0 saturated carbocycles. The number of nitrogens with one attached hydrogen (secondary N) is 1. The summed E-state index contributed by atoms with van der Waals surface area (Å²) in [5, 5.41) is 0. The molecule has 2 rings (SSSR count). The Morgan fingerprint density at radius 1 is 1.18 bits per heavy atom. The summed E-state index contributed by atoms with van der Waals surface area (Å²) in [5.41, 5.74) is 3.17. The Bertz CT molecular complexity index is 571. The van der Waals surface area contributed by atoms with Crippen LogP contribution in [0, 0.1) is 6.92 Å². The summed E-state index contributed by atoms with van der Waals surface area (Å²) in [7, 11) is 0. The van der Waals surface area contributed by atoms with Gasteiger partial charge in [-0.1, -0.05) is 44.2 Å². The fourth-order valence-electron chi connectivity index (χ4n) is 1.80. The molecule has 0 amide bonds. The average molecular weight is 228 g/mol. The highest BCUT2D eigenvalue weighted by atomic mass is 16.1. The molecule has 1 N–H and O–H groups in total. The average Bonchev–Trinajstić information content (AvgIpc) is 2.33. The van der Waals surface area contributed by atoms with Crippen molar-refractivity contribution in [2.45, 2.75) is 26.7 Å². The molecule has 0 saturated heterocycles. The van der Waals surface area contributed by atoms with Crippen LogP contribution in [-0.4, -0.2) is 9.97 Å². The van der Waals surface area contributed by atoms with E-state index in [2.05, 4.69) is 23.8 Å². The number of nitrogens with zero attached hydrogens (tertiary/aromatic N) is 1. The standard InChI is InChI=1S/C14H16N2O/c1-9(2)12-13(11-7-5-4-6-8-11)16-14(17)10(3)15-12/h4-9H,1-3H3,(H,16,17). The van der Waals surface area contributed by atoms with Gasteiger partial charge in [-0.2, -0.15) is 0 Å². The van der Waals surface area contributed by atoms with E-state index in [0.29, 0.717) is 5.69 Å². The van der Waals surface area contributed by atoms with Crippen molar-refractivity contribution in [1.29, 1.82) is 0 Å². The number of H-pyrrole nitrogens is 1. The second-order valence-corrected chi connectivity index (χ2v) is 4.43. The van der Waals surface area contributed by atoms with Crippen molar-refractivity contribution >= 4 is 0 Å². The van der Waals surface area contributed by atoms with Crippen LogP contribution < -0.4 is 5.56 Å². The summed E-state index contributed by atoms with van der Waals surface area (Å²) < 4.78 is 0. The number of aromatic amines is 1. The lowest BCUT2D eigenvalue weighted by Gasteiger charge is -2.12. The first-order chi connectivity index (χ1) is 8.09. The van der Waals surface area contributed by atoms with Crippen molar-refractivity contribution in [3.63, 3.8) is 0 Å². The summed E-state index contributed by atoms with van der Waals surface area (Å²) >= 11 is 0. The highest BCUT2D eigenvalue weighted by molar-refractivity contribution is 5.61. The number of hydrogen-bond donors (Lipinski definition) is 1. The predicted molar refractivity (Wildman–Crippen MR) is 69.1 cm³/mol. The van der Waals surface area contributed by atoms with Gasteiger partial charge in [-0.05, 0) is 18.4 Å². The molecule has 0 aliphatic heterocycles. The van der Waals surface area contributed by atoms with Gasteiger partial charge in [0.1, 0.15) is 5.69 Å². The van der Waals surface area contributed by atoms with Crippen molar-refractivity contribution in [2.75, 3.05) is 0 Å². The van der Waals surface area contributed by atoms with Crippen molar-refractivity contribution in [3.05, 3.63) is 52.1 Å². The lowest BCUT2D eigenvalue weighted by Crippen LogP contribution is -2.16. The molecule has 0 aliphatic rings. The van der Waals surface area contributed by atoms with Crippen LogP contribution in [0.5, 0.6) is 0 Å². The molecular weight excluding hydrogens is 212 g/mol. The molecule has 0 aliphatic carbocycles. The van der Waals surface area contributed by atoms with Crippen LogP contribution in [0.1, 0.15) is 31.2 Å². The normalized spacial score (nSPS) is 10.8. The highest BCUT2D eigenvalue weighted by Gasteiger charge is 2.12. The Morgan fingerprint density at radius 2 is 1.82 bits per heavy atom. The number of rotatable bonds is 2. The van der Waals surface area contributed by atoms with Gasteiger partial charge in [0.25, 0.3) is 5.56 Å². The first-order valence-corrected chi connectivity index (χ1v) is 5.76. The van der Waals surface area contributed by atoms with E-state index in [9.17, 15) is 4.79 Å². The van der Waals surface area contributed by atoms with Crippen molar-refractivity contribution in [3.8, 4) is 11.3 Å². The van der Waals surface area contributed by atoms with E-state index in [4.69, 9.17) is 0 Å². The summed E-state index contributed by atoms with van der Waals surface area (Å²) in [5.74, 6) is 0.278. The predicted octanol–water partition coefficient (Wildman–Crippen LogP) is 2.87. The van der Waals surface area contributed by atoms with Crippen LogP contribution in [0.25, 0.3) is 11.3 Å². The first kappa shape index (κ1) is 11.6. The van der Waals surface area contributed by atoms with Crippen molar-refractivity contribution < 1.29 is 0 Å². The van der Waals surface area contributed by atoms with Crippen LogP contribution in [0.3, 0.4) is 0 Å². The minimum absolute atomic E-state index is 0.117. The Hall–Kier alpha value is -1.90. The monoisotopic (exact) mass is 228 g/mol. The number of benzene rings is 1. The molecule has 1 aromatic carbocycles. The molecule has 2 aromatic rings. The highest BCUT2D eigenvalue weighted by Crippen LogP contribution is 2.24. The minimum atomic E-state index is -0.117. The molecule has 0 fully saturated rings. The van der Waals surface area contributed by atoms with E-state index in [-0.39, 0.29) is 11.5 Å². The van der Waals surface area contributed by atoms with Crippen LogP contribution in [0.15, 0.2) is 35.1 Å². The quantitative estimate of drug-likeness (QED) is 0.859. The van der Waals surface area contributed by atoms with Gasteiger partial charge in [0, 0.05) is 0 Å². The maximum Gasteiger partial charge on any atom is 0.269 e. The zero-order valence-electron chi connectivity index (χ0n) is 10.3. The molecule has 1 aromatic heterocycles. The van der Waals surface area contributed by atoms with E-state index >= 15 is 0 Å². The van der Waals surface area contributed by atoms with Gasteiger partial charge >= 0.3 is 0 Å². The van der Waals surface area contributed by atoms with Crippen LogP contribution in [-0.2, 0) is 0 Å². The zero-order valence-corrected chi connectivity index (χ0v) is 10.3. The van der Waals surface area contributed by atoms with E-state index in [1.807, 2.05) is 30.3 Å². The van der Waals surface area contributed by atoms with Crippen molar-refractivity contribution in [1.82, 2.24) is 9.97 Å². The second-order valence-electron chi connectivity index (χ2n) is 4.43. The molecule has 3 heteroatoms. The molecule has 0 radical (unpaired) electrons. The molecule has 1 heterocycles. The largest absolute Gasteiger partial charge is 0.319 e. The van der Waals surface area contributed by atoms with E-state index in [0.717, 1.165) is 17.0 Å². The number of aryl methyl sites for hydroxylation is 1. The van der Waals surface area contributed by atoms with E-state index in [1.54, 1.807) is 6.92 Å². The topological polar surface area (TPSA) is 45.8 Å². The second kappa shape index (κ2) is 4.53. The summed E-state index contributed by atoms with van der Waals surface area (Å²) in [6.45, 7) is 5.89. The molecule has 0 spiro atoms. The van der Waals surface area contributed by atoms with Gasteiger partial charge in [0.2, 0.25) is 0 Å². The molecule has 17 heavy (non-hydrogen) atoms. The third-order valence-electron chi connectivity index (χ3n) is 2.72. The SMILES string of the molecule is Cc1nc(C(C)C)c(-c2ccccc2)[nH]c1=O. The molecule has 3 nitrogen and oxygen atoms in total. The van der Waals surface area contributed by atoms with E-state index < -0.39 is 0 Å². The van der Waals surface area contributed by atoms with Gasteiger partial charge in [-0.3, -0.25) is 4.79 Å². The Labute approximate surface area is 101 Å². The summed E-state index contributed by atoms with van der Waals surface area (Å²) in [6, 6.07) is 9.83. The van der Waals surface area contributed by atoms with Gasteiger partial charge in [-0.25, -0.2) is 4.98 Å². The lowest BCUT2D eigenvalue weighted by molar-refractivity contribution is 0.801. The summed E-state index contributed by atoms with van der Waals surface area (Å²) in [6.07, 6.45) is 0. The van der Waals surface area contributed by atoms with E-state index in [1.165, 1.54) is 0 Å². The Kier molecular flexibility index (Phi) is 3.09. The zero-order chi connectivity index (χ0) is 12.4. The number of aromatic nitrogens is 2. The third-order valence-corrected chi connectivity index (χ3v) is 2.72. The van der Waals surface area contributed by atoms with Crippen LogP contribution >= 0.6 is 0 Å². The Morgan fingerprint density at radius 3 is 2.41 bits per heavy atom. The molecule has 0 bridgehead atoms. The number of hydrogen-bond acceptors (Lipinski definition) is 2. The molecule has 0 unspecified atom stereocenters. The fourth-order valence-corrected chi connectivity index (χ4v) is 1.80. The third kappa shape index (κ3) is 2.28. The fraction of sp³-hybridized carbons (Fsp3) is 0.286. The minimum Gasteiger partial charge on any atom is -0.319 e. The lowest BCUT2D eigenvalue weighted by atomic mass is 10.0. The molecular formula is C14H16N2O. The van der Waals surface area contributed by atoms with Crippen LogP contribution in [0.4, 0.5) is 0 Å². The maximum absolute atomic E-state index is 11.7. The maximum atomic E-state index is 11.7. The van der Waals surface area contributed by atoms with Gasteiger partial charge < -0.3 is 4.98 Å². The summed E-state index contributed by atoms with van der Waals surface area (Å²) in [4.78, 5) is 19.0. The van der Waals surface area contributed by atoms with Gasteiger partial charge in [-0.15, -0.1) is 0 Å². The van der Waals surface area contributed by atoms with Crippen LogP contribution in [0.2, 0.25) is 0 Å². The first-order valence-electron chi connectivity index (χ1n) is 5.76. The van der Waals surface area contributed by atoms with Gasteiger partial charge in [0.05, 0.1) is 11.4 Å². The molecule has 88 valence electrons. The van der Waals surface area contributed by atoms with Crippen molar-refractivity contribution in [2.24, 2.45) is 0 Å². The smallest absolute Gasteiger partial charge is 0.269 e. The molecule has 0 atom stereocenters. The van der Waals surface area contributed by atoms with Gasteiger partial charge in [0.15, 0.2) is 0 Å². The Balaban J connectivity index is 2.68.